The molecule has 0 saturated carbocycles. The van der Waals surface area contributed by atoms with Gasteiger partial charge in [-0.2, -0.15) is 0 Å². The Kier molecular flexibility index (Phi) is 5.28. The molecule has 0 bridgehead atoms. The number of benzene rings is 1. The summed E-state index contributed by atoms with van der Waals surface area (Å²) in [7, 11) is 1.37. The summed E-state index contributed by atoms with van der Waals surface area (Å²) in [6, 6.07) is 7.87. The van der Waals surface area contributed by atoms with Crippen molar-refractivity contribution in [3.8, 4) is 0 Å². The summed E-state index contributed by atoms with van der Waals surface area (Å²) in [6.07, 6.45) is 5.85. The smallest absolute Gasteiger partial charge is 0.341 e. The molecule has 1 aliphatic carbocycles. The molecule has 0 aliphatic heterocycles. The monoisotopic (exact) mass is 409 g/mol. The number of hydrogen-bond acceptors (Lipinski definition) is 5. The zero-order valence-corrected chi connectivity index (χ0v) is 17.5. The molecule has 1 amide bonds. The summed E-state index contributed by atoms with van der Waals surface area (Å²) < 4.78 is 10.7. The van der Waals surface area contributed by atoms with E-state index in [-0.39, 0.29) is 5.91 Å². The molecule has 5 nitrogen and oxygen atoms in total. The quantitative estimate of drug-likeness (QED) is 0.465. The van der Waals surface area contributed by atoms with E-state index in [1.165, 1.54) is 24.5 Å². The molecule has 4 rings (SSSR count). The average molecular weight is 410 g/mol. The number of thiophene rings is 1. The lowest BCUT2D eigenvalue weighted by Crippen LogP contribution is -2.14. The molecule has 2 aromatic heterocycles. The van der Waals surface area contributed by atoms with E-state index < -0.39 is 5.97 Å². The predicted molar refractivity (Wildman–Crippen MR) is 115 cm³/mol. The van der Waals surface area contributed by atoms with E-state index >= 15 is 0 Å². The van der Waals surface area contributed by atoms with Crippen molar-refractivity contribution >= 4 is 45.3 Å². The summed E-state index contributed by atoms with van der Waals surface area (Å²) in [5.41, 5.74) is 3.43. The van der Waals surface area contributed by atoms with Crippen LogP contribution in [0.1, 0.15) is 45.5 Å². The molecule has 29 heavy (non-hydrogen) atoms. The Morgan fingerprint density at radius 2 is 2.14 bits per heavy atom. The van der Waals surface area contributed by atoms with E-state index in [1.807, 2.05) is 31.2 Å². The molecule has 1 aromatic carbocycles. The van der Waals surface area contributed by atoms with E-state index in [0.717, 1.165) is 46.2 Å². The summed E-state index contributed by atoms with van der Waals surface area (Å²) >= 11 is 1.47. The number of nitrogens with one attached hydrogen (secondary N) is 1. The molecule has 0 fully saturated rings. The van der Waals surface area contributed by atoms with Gasteiger partial charge in [-0.1, -0.05) is 19.1 Å². The maximum absolute atomic E-state index is 12.5. The number of aryl methyl sites for hydroxylation is 1. The minimum Gasteiger partial charge on any atom is -0.465 e. The van der Waals surface area contributed by atoms with Crippen molar-refractivity contribution in [2.45, 2.75) is 33.1 Å². The lowest BCUT2D eigenvalue weighted by molar-refractivity contribution is -0.111. The van der Waals surface area contributed by atoms with Gasteiger partial charge in [-0.25, -0.2) is 4.79 Å². The van der Waals surface area contributed by atoms with Crippen LogP contribution in [0.4, 0.5) is 5.00 Å². The molecule has 1 aliphatic rings. The molecule has 6 heteroatoms. The highest BCUT2D eigenvalue weighted by Crippen LogP contribution is 2.40. The second kappa shape index (κ2) is 7.87. The normalized spacial score (nSPS) is 16.2. The van der Waals surface area contributed by atoms with Crippen molar-refractivity contribution in [3.05, 3.63) is 57.7 Å². The SMILES string of the molecule is COC(=O)c1c(NC(=O)/C=C/c2cc3ccc(C)cc3o2)sc2c1CC[C@@H](C)C2. The van der Waals surface area contributed by atoms with E-state index in [4.69, 9.17) is 9.15 Å². The van der Waals surface area contributed by atoms with Crippen LogP contribution in [0.25, 0.3) is 17.0 Å². The van der Waals surface area contributed by atoms with Gasteiger partial charge in [-0.15, -0.1) is 11.3 Å². The number of methoxy groups -OCH3 is 1. The molecular weight excluding hydrogens is 386 g/mol. The minimum absolute atomic E-state index is 0.307. The highest BCUT2D eigenvalue weighted by Gasteiger charge is 2.28. The van der Waals surface area contributed by atoms with Gasteiger partial charge in [0.1, 0.15) is 16.3 Å². The fourth-order valence-corrected chi connectivity index (χ4v) is 5.11. The van der Waals surface area contributed by atoms with Gasteiger partial charge in [-0.05, 0) is 61.4 Å². The zero-order valence-electron chi connectivity index (χ0n) is 16.7. The van der Waals surface area contributed by atoms with Crippen molar-refractivity contribution in [2.75, 3.05) is 12.4 Å². The fraction of sp³-hybridized carbons (Fsp3) is 0.304. The van der Waals surface area contributed by atoms with Gasteiger partial charge in [0.05, 0.1) is 12.7 Å². The van der Waals surface area contributed by atoms with Crippen molar-refractivity contribution in [2.24, 2.45) is 5.92 Å². The standard InChI is InChI=1S/C23H23NO4S/c1-13-4-6-15-12-16(28-18(15)10-13)7-9-20(25)24-22-21(23(26)27-3)17-8-5-14(2)11-19(17)29-22/h4,6-7,9-10,12,14H,5,8,11H2,1-3H3,(H,24,25)/b9-7+/t14-/m1/s1. The molecule has 1 atom stereocenters. The molecule has 1 N–H and O–H groups in total. The number of ether oxygens (including phenoxy) is 1. The first kappa shape index (κ1) is 19.5. The number of amides is 1. The van der Waals surface area contributed by atoms with Crippen LogP contribution >= 0.6 is 11.3 Å². The van der Waals surface area contributed by atoms with Gasteiger partial charge in [0, 0.05) is 16.3 Å². The Hall–Kier alpha value is -2.86. The molecule has 0 unspecified atom stereocenters. The third-order valence-corrected chi connectivity index (χ3v) is 6.40. The highest BCUT2D eigenvalue weighted by atomic mass is 32.1. The van der Waals surface area contributed by atoms with Crippen LogP contribution in [-0.4, -0.2) is 19.0 Å². The number of carbonyl (C=O) groups excluding carboxylic acids is 2. The first-order valence-corrected chi connectivity index (χ1v) is 10.5. The second-order valence-corrected chi connectivity index (χ2v) is 8.67. The van der Waals surface area contributed by atoms with E-state index in [9.17, 15) is 9.59 Å². The van der Waals surface area contributed by atoms with Crippen LogP contribution in [0.5, 0.6) is 0 Å². The number of carbonyl (C=O) groups is 2. The lowest BCUT2D eigenvalue weighted by atomic mass is 9.88. The first-order valence-electron chi connectivity index (χ1n) is 9.66. The van der Waals surface area contributed by atoms with Gasteiger partial charge in [0.25, 0.3) is 0 Å². The van der Waals surface area contributed by atoms with Crippen molar-refractivity contribution < 1.29 is 18.7 Å². The maximum Gasteiger partial charge on any atom is 0.341 e. The number of anilines is 1. The number of fused-ring (bicyclic) bond motifs is 2. The molecule has 0 spiro atoms. The average Bonchev–Trinajstić information content (AvgIpc) is 3.25. The van der Waals surface area contributed by atoms with Gasteiger partial charge in [0.2, 0.25) is 5.91 Å². The molecule has 150 valence electrons. The summed E-state index contributed by atoms with van der Waals surface area (Å²) in [4.78, 5) is 26.0. The third kappa shape index (κ3) is 3.98. The number of hydrogen-bond donors (Lipinski definition) is 1. The number of rotatable bonds is 4. The molecular formula is C23H23NO4S. The van der Waals surface area contributed by atoms with Crippen LogP contribution in [0.3, 0.4) is 0 Å². The Morgan fingerprint density at radius 3 is 2.93 bits per heavy atom. The summed E-state index contributed by atoms with van der Waals surface area (Å²) in [5, 5.41) is 4.41. The first-order chi connectivity index (χ1) is 13.9. The van der Waals surface area contributed by atoms with Crippen molar-refractivity contribution in [1.82, 2.24) is 0 Å². The van der Waals surface area contributed by atoms with Gasteiger partial charge in [-0.3, -0.25) is 4.79 Å². The van der Waals surface area contributed by atoms with Crippen molar-refractivity contribution in [3.63, 3.8) is 0 Å². The van der Waals surface area contributed by atoms with Crippen LogP contribution in [0, 0.1) is 12.8 Å². The second-order valence-electron chi connectivity index (χ2n) is 7.56. The number of furan rings is 1. The topological polar surface area (TPSA) is 68.5 Å². The molecule has 2 heterocycles. The number of esters is 1. The van der Waals surface area contributed by atoms with E-state index in [0.29, 0.717) is 22.2 Å². The Bertz CT molecular complexity index is 1120. The molecule has 3 aromatic rings. The molecule has 0 radical (unpaired) electrons. The van der Waals surface area contributed by atoms with E-state index in [1.54, 1.807) is 6.08 Å². The van der Waals surface area contributed by atoms with Crippen LogP contribution in [-0.2, 0) is 22.4 Å². The third-order valence-electron chi connectivity index (χ3n) is 5.23. The Labute approximate surface area is 173 Å². The van der Waals surface area contributed by atoms with Gasteiger partial charge in [0.15, 0.2) is 0 Å². The predicted octanol–water partition coefficient (Wildman–Crippen LogP) is 5.37. The maximum atomic E-state index is 12.5. The van der Waals surface area contributed by atoms with Crippen LogP contribution < -0.4 is 5.32 Å². The van der Waals surface area contributed by atoms with Crippen LogP contribution in [0.2, 0.25) is 0 Å². The van der Waals surface area contributed by atoms with Gasteiger partial charge >= 0.3 is 5.97 Å². The van der Waals surface area contributed by atoms with Crippen molar-refractivity contribution in [1.29, 1.82) is 0 Å². The zero-order chi connectivity index (χ0) is 20.5. The van der Waals surface area contributed by atoms with E-state index in [2.05, 4.69) is 12.2 Å². The lowest BCUT2D eigenvalue weighted by Gasteiger charge is -2.18. The largest absolute Gasteiger partial charge is 0.465 e. The Morgan fingerprint density at radius 1 is 1.31 bits per heavy atom. The molecule has 0 saturated heterocycles. The highest BCUT2D eigenvalue weighted by molar-refractivity contribution is 7.17. The van der Waals surface area contributed by atoms with Gasteiger partial charge < -0.3 is 14.5 Å². The summed E-state index contributed by atoms with van der Waals surface area (Å²) in [6.45, 7) is 4.21. The summed E-state index contributed by atoms with van der Waals surface area (Å²) in [5.74, 6) is 0.475. The fourth-order valence-electron chi connectivity index (χ4n) is 3.71. The van der Waals surface area contributed by atoms with Crippen LogP contribution in [0.15, 0.2) is 34.8 Å². The Balaban J connectivity index is 1.55. The minimum atomic E-state index is -0.399.